The van der Waals surface area contributed by atoms with E-state index in [1.165, 1.54) is 12.0 Å². The standard InChI is InChI=1S/C22H28ClN3O.ClH/c23-18-5-1-16(2-6-18)15-27-20-7-3-17(4-8-20)21-13-22(21)25-10-12-26-11-9-19(24)14-26;/h1-8,19,21-22,25H,9-15,24H2;1H/t19-,21?,22?;/m1./s1. The van der Waals surface area contributed by atoms with E-state index in [1.54, 1.807) is 0 Å². The highest BCUT2D eigenvalue weighted by Crippen LogP contribution is 2.41. The number of ether oxygens (including phenoxy) is 1. The fraction of sp³-hybridized carbons (Fsp3) is 0.455. The van der Waals surface area contributed by atoms with Gasteiger partial charge >= 0.3 is 0 Å². The summed E-state index contributed by atoms with van der Waals surface area (Å²) >= 11 is 5.91. The number of nitrogens with zero attached hydrogens (tertiary/aromatic N) is 1. The Hall–Kier alpha value is -1.30. The van der Waals surface area contributed by atoms with Gasteiger partial charge in [-0.2, -0.15) is 0 Å². The van der Waals surface area contributed by atoms with E-state index in [9.17, 15) is 0 Å². The minimum Gasteiger partial charge on any atom is -0.489 e. The smallest absolute Gasteiger partial charge is 0.119 e. The third-order valence-corrected chi connectivity index (χ3v) is 5.81. The lowest BCUT2D eigenvalue weighted by molar-refractivity contribution is 0.306. The van der Waals surface area contributed by atoms with Crippen molar-refractivity contribution >= 4 is 24.0 Å². The van der Waals surface area contributed by atoms with E-state index in [2.05, 4.69) is 34.5 Å². The van der Waals surface area contributed by atoms with Crippen LogP contribution in [0.2, 0.25) is 5.02 Å². The van der Waals surface area contributed by atoms with Gasteiger partial charge in [-0.15, -0.1) is 12.4 Å². The van der Waals surface area contributed by atoms with Crippen LogP contribution in [0.5, 0.6) is 5.75 Å². The first kappa shape index (κ1) is 21.4. The van der Waals surface area contributed by atoms with Gasteiger partial charge in [0.2, 0.25) is 0 Å². The van der Waals surface area contributed by atoms with Crippen molar-refractivity contribution in [1.29, 1.82) is 0 Å². The highest BCUT2D eigenvalue weighted by atomic mass is 35.5. The molecule has 0 amide bonds. The minimum atomic E-state index is 0. The topological polar surface area (TPSA) is 50.5 Å². The van der Waals surface area contributed by atoms with Crippen molar-refractivity contribution in [3.63, 3.8) is 0 Å². The highest BCUT2D eigenvalue weighted by molar-refractivity contribution is 6.30. The number of hydrogen-bond acceptors (Lipinski definition) is 4. The van der Waals surface area contributed by atoms with Gasteiger partial charge in [0.15, 0.2) is 0 Å². The van der Waals surface area contributed by atoms with E-state index >= 15 is 0 Å². The summed E-state index contributed by atoms with van der Waals surface area (Å²) in [6.45, 7) is 4.91. The zero-order valence-corrected chi connectivity index (χ0v) is 17.6. The van der Waals surface area contributed by atoms with Crippen LogP contribution >= 0.6 is 24.0 Å². The molecule has 2 fully saturated rings. The Morgan fingerprint density at radius 3 is 2.54 bits per heavy atom. The zero-order valence-electron chi connectivity index (χ0n) is 16.0. The molecule has 3 N–H and O–H groups in total. The highest BCUT2D eigenvalue weighted by Gasteiger charge is 2.37. The Morgan fingerprint density at radius 2 is 1.86 bits per heavy atom. The van der Waals surface area contributed by atoms with Crippen LogP contribution in [-0.2, 0) is 6.61 Å². The van der Waals surface area contributed by atoms with Gasteiger partial charge in [-0.05, 0) is 54.8 Å². The first-order chi connectivity index (χ1) is 13.2. The summed E-state index contributed by atoms with van der Waals surface area (Å²) in [5, 5.41) is 4.44. The molecule has 2 unspecified atom stereocenters. The summed E-state index contributed by atoms with van der Waals surface area (Å²) in [7, 11) is 0. The Morgan fingerprint density at radius 1 is 1.11 bits per heavy atom. The Kier molecular flexibility index (Phi) is 7.61. The fourth-order valence-electron chi connectivity index (χ4n) is 3.82. The number of nitrogens with one attached hydrogen (secondary N) is 1. The molecular weight excluding hydrogens is 393 g/mol. The van der Waals surface area contributed by atoms with E-state index in [4.69, 9.17) is 22.1 Å². The van der Waals surface area contributed by atoms with Gasteiger partial charge in [0.1, 0.15) is 12.4 Å². The zero-order chi connectivity index (χ0) is 18.6. The second-order valence-electron chi connectivity index (χ2n) is 7.74. The van der Waals surface area contributed by atoms with Crippen molar-refractivity contribution in [2.24, 2.45) is 5.73 Å². The summed E-state index contributed by atoms with van der Waals surface area (Å²) in [5.74, 6) is 1.54. The Labute approximate surface area is 178 Å². The normalized spacial score (nSPS) is 24.0. The van der Waals surface area contributed by atoms with Gasteiger partial charge in [0, 0.05) is 42.7 Å². The quantitative estimate of drug-likeness (QED) is 0.679. The number of halogens is 2. The predicted molar refractivity (Wildman–Crippen MR) is 118 cm³/mol. The lowest BCUT2D eigenvalue weighted by atomic mass is 10.1. The maximum absolute atomic E-state index is 5.96. The molecule has 1 saturated heterocycles. The van der Waals surface area contributed by atoms with E-state index in [0.29, 0.717) is 24.6 Å². The van der Waals surface area contributed by atoms with Crippen LogP contribution < -0.4 is 15.8 Å². The minimum absolute atomic E-state index is 0. The van der Waals surface area contributed by atoms with E-state index < -0.39 is 0 Å². The molecule has 0 bridgehead atoms. The van der Waals surface area contributed by atoms with Gasteiger partial charge < -0.3 is 20.7 Å². The fourth-order valence-corrected chi connectivity index (χ4v) is 3.95. The Balaban J connectivity index is 0.00000225. The van der Waals surface area contributed by atoms with Crippen molar-refractivity contribution in [3.8, 4) is 5.75 Å². The molecule has 1 aliphatic heterocycles. The van der Waals surface area contributed by atoms with Gasteiger partial charge in [0.25, 0.3) is 0 Å². The average Bonchev–Trinajstić information content (AvgIpc) is 3.34. The van der Waals surface area contributed by atoms with Crippen LogP contribution in [-0.4, -0.2) is 43.2 Å². The number of benzene rings is 2. The number of rotatable bonds is 8. The van der Waals surface area contributed by atoms with E-state index in [-0.39, 0.29) is 12.4 Å². The van der Waals surface area contributed by atoms with Crippen LogP contribution in [0.1, 0.15) is 29.9 Å². The molecule has 0 radical (unpaired) electrons. The van der Waals surface area contributed by atoms with Crippen molar-refractivity contribution < 1.29 is 4.74 Å². The molecule has 28 heavy (non-hydrogen) atoms. The third kappa shape index (κ3) is 5.85. The molecule has 2 aliphatic rings. The molecule has 0 spiro atoms. The molecule has 2 aromatic rings. The third-order valence-electron chi connectivity index (χ3n) is 5.56. The number of nitrogens with two attached hydrogens (primary N) is 1. The van der Waals surface area contributed by atoms with Crippen LogP contribution in [0.3, 0.4) is 0 Å². The van der Waals surface area contributed by atoms with Crippen LogP contribution in [0, 0.1) is 0 Å². The average molecular weight is 422 g/mol. The molecule has 0 aromatic heterocycles. The number of hydrogen-bond donors (Lipinski definition) is 2. The van der Waals surface area contributed by atoms with E-state index in [1.807, 2.05) is 24.3 Å². The van der Waals surface area contributed by atoms with Gasteiger partial charge in [-0.3, -0.25) is 0 Å². The van der Waals surface area contributed by atoms with E-state index in [0.717, 1.165) is 48.9 Å². The molecule has 4 rings (SSSR count). The van der Waals surface area contributed by atoms with Crippen LogP contribution in [0.15, 0.2) is 48.5 Å². The maximum Gasteiger partial charge on any atom is 0.119 e. The predicted octanol–water partition coefficient (Wildman–Crippen LogP) is 3.82. The monoisotopic (exact) mass is 421 g/mol. The molecular formula is C22H29Cl2N3O. The second-order valence-corrected chi connectivity index (χ2v) is 8.17. The van der Waals surface area contributed by atoms with Gasteiger partial charge in [0.05, 0.1) is 0 Å². The first-order valence-electron chi connectivity index (χ1n) is 9.86. The van der Waals surface area contributed by atoms with Crippen molar-refractivity contribution in [3.05, 3.63) is 64.7 Å². The summed E-state index contributed by atoms with van der Waals surface area (Å²) < 4.78 is 5.87. The summed E-state index contributed by atoms with van der Waals surface area (Å²) in [5.41, 5.74) is 8.48. The maximum atomic E-state index is 5.96. The molecule has 1 saturated carbocycles. The molecule has 152 valence electrons. The summed E-state index contributed by atoms with van der Waals surface area (Å²) in [6.07, 6.45) is 2.36. The lowest BCUT2D eigenvalue weighted by Crippen LogP contribution is -2.33. The molecule has 2 aromatic carbocycles. The molecule has 3 atom stereocenters. The van der Waals surface area contributed by atoms with Crippen LogP contribution in [0.4, 0.5) is 0 Å². The van der Waals surface area contributed by atoms with Crippen molar-refractivity contribution in [2.75, 3.05) is 26.2 Å². The van der Waals surface area contributed by atoms with Crippen LogP contribution in [0.25, 0.3) is 0 Å². The Bertz CT molecular complexity index is 738. The second kappa shape index (κ2) is 9.95. The van der Waals surface area contributed by atoms with Crippen molar-refractivity contribution in [2.45, 2.75) is 37.5 Å². The molecule has 4 nitrogen and oxygen atoms in total. The summed E-state index contributed by atoms with van der Waals surface area (Å²) in [4.78, 5) is 2.46. The first-order valence-corrected chi connectivity index (χ1v) is 10.2. The van der Waals surface area contributed by atoms with Gasteiger partial charge in [-0.25, -0.2) is 0 Å². The number of likely N-dealkylation sites (tertiary alicyclic amines) is 1. The molecule has 6 heteroatoms. The molecule has 1 heterocycles. The van der Waals surface area contributed by atoms with Gasteiger partial charge in [-0.1, -0.05) is 35.9 Å². The lowest BCUT2D eigenvalue weighted by Gasteiger charge is -2.15. The largest absolute Gasteiger partial charge is 0.489 e. The summed E-state index contributed by atoms with van der Waals surface area (Å²) in [6, 6.07) is 17.3. The van der Waals surface area contributed by atoms with Crippen molar-refractivity contribution in [1.82, 2.24) is 10.2 Å². The SMILES string of the molecule is Cl.N[C@@H]1CCN(CCNC2CC2c2ccc(OCc3ccc(Cl)cc3)cc2)C1. The molecule has 1 aliphatic carbocycles.